The zero-order valence-corrected chi connectivity index (χ0v) is 15.5. The fraction of sp³-hybridized carbons (Fsp3) is 0.182. The molecule has 0 bridgehead atoms. The monoisotopic (exact) mass is 361 g/mol. The van der Waals surface area contributed by atoms with Crippen molar-refractivity contribution in [3.8, 4) is 5.75 Å². The average Bonchev–Trinajstić information content (AvgIpc) is 2.70. The number of benzene rings is 2. The highest BCUT2D eigenvalue weighted by atomic mass is 16.5. The van der Waals surface area contributed by atoms with Gasteiger partial charge in [0.05, 0.1) is 11.9 Å². The van der Waals surface area contributed by atoms with E-state index in [-0.39, 0.29) is 12.5 Å². The number of ether oxygens (including phenoxy) is 1. The number of carbonyl (C=O) groups excluding carboxylic acids is 1. The number of anilines is 3. The molecule has 1 heterocycles. The van der Waals surface area contributed by atoms with Crippen LogP contribution in [0.3, 0.4) is 0 Å². The van der Waals surface area contributed by atoms with Crippen molar-refractivity contribution in [2.24, 2.45) is 0 Å². The van der Waals surface area contributed by atoms with Crippen molar-refractivity contribution in [3.05, 3.63) is 78.0 Å². The summed E-state index contributed by atoms with van der Waals surface area (Å²) in [5, 5.41) is 6.15. The van der Waals surface area contributed by atoms with Gasteiger partial charge in [0.15, 0.2) is 6.61 Å². The summed E-state index contributed by atoms with van der Waals surface area (Å²) in [6.45, 7) is 4.15. The number of amides is 1. The molecule has 0 aliphatic heterocycles. The number of para-hydroxylation sites is 2. The predicted octanol–water partition coefficient (Wildman–Crippen LogP) is 4.71. The zero-order chi connectivity index (χ0) is 19.1. The Kier molecular flexibility index (Phi) is 6.05. The number of nitrogens with zero attached hydrogens (tertiary/aromatic N) is 1. The van der Waals surface area contributed by atoms with Gasteiger partial charge in [-0.3, -0.25) is 4.79 Å². The van der Waals surface area contributed by atoms with Gasteiger partial charge in [-0.1, -0.05) is 43.3 Å². The fourth-order valence-corrected chi connectivity index (χ4v) is 2.73. The molecule has 0 aliphatic rings. The first-order valence-corrected chi connectivity index (χ1v) is 8.95. The van der Waals surface area contributed by atoms with E-state index in [0.29, 0.717) is 11.6 Å². The normalized spacial score (nSPS) is 10.3. The molecule has 2 N–H and O–H groups in total. The van der Waals surface area contributed by atoms with Gasteiger partial charge in [0, 0.05) is 5.69 Å². The molecular formula is C22H23N3O2. The number of hydrogen-bond donors (Lipinski definition) is 2. The van der Waals surface area contributed by atoms with Gasteiger partial charge in [0.1, 0.15) is 11.6 Å². The summed E-state index contributed by atoms with van der Waals surface area (Å²) in [4.78, 5) is 16.3. The van der Waals surface area contributed by atoms with E-state index >= 15 is 0 Å². The third-order valence-corrected chi connectivity index (χ3v) is 4.15. The molecular weight excluding hydrogens is 338 g/mol. The average molecular weight is 361 g/mol. The van der Waals surface area contributed by atoms with Gasteiger partial charge in [0.2, 0.25) is 0 Å². The highest BCUT2D eigenvalue weighted by Crippen LogP contribution is 2.25. The van der Waals surface area contributed by atoms with Gasteiger partial charge in [-0.25, -0.2) is 4.98 Å². The lowest BCUT2D eigenvalue weighted by atomic mass is 10.1. The van der Waals surface area contributed by atoms with Crippen LogP contribution >= 0.6 is 0 Å². The van der Waals surface area contributed by atoms with Crippen molar-refractivity contribution < 1.29 is 9.53 Å². The minimum atomic E-state index is -0.251. The Balaban J connectivity index is 1.58. The Morgan fingerprint density at radius 3 is 2.56 bits per heavy atom. The number of nitrogens with one attached hydrogen (secondary N) is 2. The van der Waals surface area contributed by atoms with Crippen molar-refractivity contribution in [2.75, 3.05) is 17.2 Å². The van der Waals surface area contributed by atoms with E-state index in [4.69, 9.17) is 4.74 Å². The third-order valence-electron chi connectivity index (χ3n) is 4.15. The molecule has 3 rings (SSSR count). The van der Waals surface area contributed by atoms with E-state index in [1.165, 1.54) is 11.1 Å². The second-order valence-corrected chi connectivity index (χ2v) is 6.17. The summed E-state index contributed by atoms with van der Waals surface area (Å²) in [5.41, 5.74) is 4.42. The lowest BCUT2D eigenvalue weighted by Gasteiger charge is -2.14. The lowest BCUT2D eigenvalue weighted by molar-refractivity contribution is -0.118. The number of pyridine rings is 1. The molecule has 0 spiro atoms. The van der Waals surface area contributed by atoms with Crippen LogP contribution in [0, 0.1) is 6.92 Å². The van der Waals surface area contributed by atoms with E-state index in [1.54, 1.807) is 12.3 Å². The molecule has 5 heteroatoms. The van der Waals surface area contributed by atoms with Gasteiger partial charge < -0.3 is 15.4 Å². The first-order chi connectivity index (χ1) is 13.2. The van der Waals surface area contributed by atoms with Gasteiger partial charge in [0.25, 0.3) is 5.91 Å². The van der Waals surface area contributed by atoms with E-state index in [1.807, 2.05) is 36.4 Å². The summed E-state index contributed by atoms with van der Waals surface area (Å²) in [6.07, 6.45) is 2.66. The van der Waals surface area contributed by atoms with Crippen LogP contribution in [0.25, 0.3) is 0 Å². The predicted molar refractivity (Wildman–Crippen MR) is 109 cm³/mol. The molecule has 0 aliphatic carbocycles. The topological polar surface area (TPSA) is 63.2 Å². The van der Waals surface area contributed by atoms with Gasteiger partial charge >= 0.3 is 0 Å². The molecule has 0 unspecified atom stereocenters. The quantitative estimate of drug-likeness (QED) is 0.639. The molecule has 0 saturated carbocycles. The Hall–Kier alpha value is -3.34. The van der Waals surface area contributed by atoms with Crippen LogP contribution in [0.2, 0.25) is 0 Å². The van der Waals surface area contributed by atoms with E-state index < -0.39 is 0 Å². The third kappa shape index (κ3) is 5.07. The number of hydrogen-bond acceptors (Lipinski definition) is 4. The zero-order valence-electron chi connectivity index (χ0n) is 15.5. The van der Waals surface area contributed by atoms with Crippen LogP contribution in [0.1, 0.15) is 18.1 Å². The number of aromatic nitrogens is 1. The molecule has 1 aromatic heterocycles. The highest BCUT2D eigenvalue weighted by Gasteiger charge is 2.07. The first-order valence-electron chi connectivity index (χ1n) is 8.95. The molecule has 0 saturated heterocycles. The maximum Gasteiger partial charge on any atom is 0.263 e. The summed E-state index contributed by atoms with van der Waals surface area (Å²) in [6, 6.07) is 19.2. The number of rotatable bonds is 7. The standard InChI is InChI=1S/C22H23N3O2/c1-3-17-9-7-8-16(2)22(17)24-18-12-13-20(23-14-18)25-21(26)15-27-19-10-5-4-6-11-19/h4-14,24H,3,15H2,1-2H3,(H,23,25,26). The minimum absolute atomic E-state index is 0.0607. The number of carbonyl (C=O) groups is 1. The van der Waals surface area contributed by atoms with Crippen molar-refractivity contribution in [2.45, 2.75) is 20.3 Å². The minimum Gasteiger partial charge on any atom is -0.484 e. The Bertz CT molecular complexity index is 893. The first kappa shape index (κ1) is 18.5. The van der Waals surface area contributed by atoms with Crippen molar-refractivity contribution >= 4 is 23.1 Å². The summed E-state index contributed by atoms with van der Waals surface area (Å²) in [5.74, 6) is 0.895. The highest BCUT2D eigenvalue weighted by molar-refractivity contribution is 5.91. The summed E-state index contributed by atoms with van der Waals surface area (Å²) in [7, 11) is 0. The SMILES string of the molecule is CCc1cccc(C)c1Nc1ccc(NC(=O)COc2ccccc2)nc1. The van der Waals surface area contributed by atoms with Gasteiger partial charge in [-0.05, 0) is 48.7 Å². The van der Waals surface area contributed by atoms with E-state index in [0.717, 1.165) is 17.8 Å². The second kappa shape index (κ2) is 8.85. The lowest BCUT2D eigenvalue weighted by Crippen LogP contribution is -2.20. The summed E-state index contributed by atoms with van der Waals surface area (Å²) < 4.78 is 5.43. The van der Waals surface area contributed by atoms with Crippen molar-refractivity contribution in [1.82, 2.24) is 4.98 Å². The molecule has 1 amide bonds. The van der Waals surface area contributed by atoms with Crippen LogP contribution in [-0.2, 0) is 11.2 Å². The van der Waals surface area contributed by atoms with Crippen LogP contribution in [0.4, 0.5) is 17.2 Å². The molecule has 3 aromatic rings. The van der Waals surface area contributed by atoms with Crippen LogP contribution in [0.5, 0.6) is 5.75 Å². The molecule has 0 atom stereocenters. The maximum absolute atomic E-state index is 12.0. The van der Waals surface area contributed by atoms with Crippen LogP contribution in [0.15, 0.2) is 66.9 Å². The second-order valence-electron chi connectivity index (χ2n) is 6.17. The Morgan fingerprint density at radius 1 is 1.04 bits per heavy atom. The van der Waals surface area contributed by atoms with E-state index in [2.05, 4.69) is 47.7 Å². The molecule has 0 radical (unpaired) electrons. The number of aryl methyl sites for hydroxylation is 2. The Morgan fingerprint density at radius 2 is 1.85 bits per heavy atom. The molecule has 2 aromatic carbocycles. The van der Waals surface area contributed by atoms with Crippen LogP contribution < -0.4 is 15.4 Å². The van der Waals surface area contributed by atoms with Crippen molar-refractivity contribution in [3.63, 3.8) is 0 Å². The van der Waals surface area contributed by atoms with Crippen molar-refractivity contribution in [1.29, 1.82) is 0 Å². The molecule has 5 nitrogen and oxygen atoms in total. The smallest absolute Gasteiger partial charge is 0.263 e. The Labute approximate surface area is 159 Å². The van der Waals surface area contributed by atoms with E-state index in [9.17, 15) is 4.79 Å². The van der Waals surface area contributed by atoms with Gasteiger partial charge in [-0.2, -0.15) is 0 Å². The fourth-order valence-electron chi connectivity index (χ4n) is 2.73. The van der Waals surface area contributed by atoms with Gasteiger partial charge in [-0.15, -0.1) is 0 Å². The molecule has 138 valence electrons. The maximum atomic E-state index is 12.0. The largest absolute Gasteiger partial charge is 0.484 e. The molecule has 0 fully saturated rings. The molecule has 27 heavy (non-hydrogen) atoms. The summed E-state index contributed by atoms with van der Waals surface area (Å²) >= 11 is 0. The van der Waals surface area contributed by atoms with Crippen LogP contribution in [-0.4, -0.2) is 17.5 Å².